The van der Waals surface area contributed by atoms with Crippen LogP contribution >= 0.6 is 0 Å². The number of carbonyl (C=O) groups is 2. The van der Waals surface area contributed by atoms with E-state index in [1.54, 1.807) is 24.3 Å². The van der Waals surface area contributed by atoms with Crippen LogP contribution < -0.4 is 5.32 Å². The molecule has 2 rings (SSSR count). The van der Waals surface area contributed by atoms with E-state index in [0.29, 0.717) is 17.7 Å². The van der Waals surface area contributed by atoms with E-state index in [2.05, 4.69) is 5.32 Å². The lowest BCUT2D eigenvalue weighted by atomic mass is 10.0. The number of carbonyl (C=O) groups excluding carboxylic acids is 1. The van der Waals surface area contributed by atoms with Crippen LogP contribution in [0.2, 0.25) is 0 Å². The molecule has 0 radical (unpaired) electrons. The molecule has 0 aliphatic rings. The molecule has 0 spiro atoms. The lowest BCUT2D eigenvalue weighted by Crippen LogP contribution is -2.26. The second kappa shape index (κ2) is 6.93. The maximum absolute atomic E-state index is 12.0. The van der Waals surface area contributed by atoms with Crippen molar-refractivity contribution in [2.75, 3.05) is 0 Å². The third-order valence-electron chi connectivity index (χ3n) is 3.43. The molecule has 1 aromatic carbocycles. The van der Waals surface area contributed by atoms with Gasteiger partial charge < -0.3 is 14.8 Å². The van der Waals surface area contributed by atoms with Crippen LogP contribution in [-0.2, 0) is 11.2 Å². The summed E-state index contributed by atoms with van der Waals surface area (Å²) in [6.45, 7) is 3.70. The van der Waals surface area contributed by atoms with Crippen molar-refractivity contribution in [3.05, 3.63) is 59.0 Å². The third kappa shape index (κ3) is 3.97. The zero-order valence-electron chi connectivity index (χ0n) is 12.6. The number of benzene rings is 1. The van der Waals surface area contributed by atoms with E-state index in [4.69, 9.17) is 9.52 Å². The number of furan rings is 1. The number of rotatable bonds is 6. The highest BCUT2D eigenvalue weighted by Crippen LogP contribution is 2.16. The van der Waals surface area contributed by atoms with Gasteiger partial charge in [-0.15, -0.1) is 0 Å². The number of hydrogen-bond donors (Lipinski definition) is 2. The molecule has 1 atom stereocenters. The second-order valence-electron chi connectivity index (χ2n) is 5.20. The monoisotopic (exact) mass is 301 g/mol. The fourth-order valence-electron chi connectivity index (χ4n) is 2.27. The lowest BCUT2D eigenvalue weighted by Gasteiger charge is -2.12. The molecule has 1 unspecified atom stereocenters. The Labute approximate surface area is 129 Å². The Balaban J connectivity index is 1.92. The summed E-state index contributed by atoms with van der Waals surface area (Å²) in [5.41, 5.74) is 0.900. The summed E-state index contributed by atoms with van der Waals surface area (Å²) >= 11 is 0. The normalized spacial score (nSPS) is 11.9. The molecule has 22 heavy (non-hydrogen) atoms. The molecule has 2 N–H and O–H groups in total. The van der Waals surface area contributed by atoms with Crippen molar-refractivity contribution in [3.8, 4) is 0 Å². The van der Waals surface area contributed by atoms with Gasteiger partial charge in [0.15, 0.2) is 0 Å². The molecule has 0 fully saturated rings. The molecule has 0 bridgehead atoms. The maximum atomic E-state index is 12.0. The third-order valence-corrected chi connectivity index (χ3v) is 3.43. The van der Waals surface area contributed by atoms with Crippen molar-refractivity contribution in [2.45, 2.75) is 32.7 Å². The van der Waals surface area contributed by atoms with Gasteiger partial charge >= 0.3 is 5.97 Å². The van der Waals surface area contributed by atoms with Crippen molar-refractivity contribution in [1.82, 2.24) is 5.32 Å². The number of aryl methyl sites for hydroxylation is 2. The maximum Gasteiger partial charge on any atom is 0.335 e. The number of carboxylic acids is 1. The van der Waals surface area contributed by atoms with Crippen molar-refractivity contribution in [3.63, 3.8) is 0 Å². The minimum Gasteiger partial charge on any atom is -0.478 e. The minimum absolute atomic E-state index is 0.137. The highest BCUT2D eigenvalue weighted by molar-refractivity contribution is 5.89. The van der Waals surface area contributed by atoms with E-state index in [9.17, 15) is 9.59 Å². The Morgan fingerprint density at radius 3 is 2.59 bits per heavy atom. The summed E-state index contributed by atoms with van der Waals surface area (Å²) in [7, 11) is 0. The summed E-state index contributed by atoms with van der Waals surface area (Å²) < 4.78 is 5.47. The molecular weight excluding hydrogens is 282 g/mol. The van der Waals surface area contributed by atoms with Crippen molar-refractivity contribution in [2.24, 2.45) is 0 Å². The van der Waals surface area contributed by atoms with E-state index in [1.807, 2.05) is 26.0 Å². The summed E-state index contributed by atoms with van der Waals surface area (Å²) in [6.07, 6.45) is 0.618. The van der Waals surface area contributed by atoms with Crippen LogP contribution in [-0.4, -0.2) is 17.0 Å². The molecule has 0 aliphatic heterocycles. The Morgan fingerprint density at radius 2 is 1.95 bits per heavy atom. The Bertz CT molecular complexity index is 675. The first kappa shape index (κ1) is 15.8. The average molecular weight is 301 g/mol. The topological polar surface area (TPSA) is 79.5 Å². The Hall–Kier alpha value is -2.56. The number of carboxylic acid groups (broad SMARTS) is 1. The van der Waals surface area contributed by atoms with Crippen LogP contribution in [0.5, 0.6) is 0 Å². The predicted octanol–water partition coefficient (Wildman–Crippen LogP) is 3.10. The summed E-state index contributed by atoms with van der Waals surface area (Å²) in [4.78, 5) is 23.1. The molecule has 0 saturated heterocycles. The zero-order valence-corrected chi connectivity index (χ0v) is 12.6. The Morgan fingerprint density at radius 1 is 1.23 bits per heavy atom. The van der Waals surface area contributed by atoms with E-state index >= 15 is 0 Å². The minimum atomic E-state index is -0.976. The van der Waals surface area contributed by atoms with E-state index in [1.165, 1.54) is 0 Å². The Kier molecular flexibility index (Phi) is 4.99. The molecule has 2 aromatic rings. The van der Waals surface area contributed by atoms with Crippen LogP contribution in [0.4, 0.5) is 0 Å². The quantitative estimate of drug-likeness (QED) is 0.859. The number of nitrogens with one attached hydrogen (secondary N) is 1. The summed E-state index contributed by atoms with van der Waals surface area (Å²) in [5, 5.41) is 12.0. The largest absolute Gasteiger partial charge is 0.478 e. The van der Waals surface area contributed by atoms with Gasteiger partial charge in [0.25, 0.3) is 0 Å². The molecule has 0 aliphatic carbocycles. The van der Waals surface area contributed by atoms with E-state index in [0.717, 1.165) is 5.76 Å². The van der Waals surface area contributed by atoms with Crippen molar-refractivity contribution < 1.29 is 19.1 Å². The first-order chi connectivity index (χ1) is 10.5. The number of aromatic carboxylic acids is 1. The van der Waals surface area contributed by atoms with Gasteiger partial charge in [-0.3, -0.25) is 4.79 Å². The van der Waals surface area contributed by atoms with Crippen LogP contribution in [0.1, 0.15) is 46.8 Å². The average Bonchev–Trinajstić information content (AvgIpc) is 2.92. The first-order valence-corrected chi connectivity index (χ1v) is 7.14. The smallest absolute Gasteiger partial charge is 0.335 e. The van der Waals surface area contributed by atoms with Gasteiger partial charge in [-0.1, -0.05) is 18.2 Å². The molecular formula is C17H19NO4. The number of amides is 1. The summed E-state index contributed by atoms with van der Waals surface area (Å²) in [5.74, 6) is 0.389. The molecule has 5 nitrogen and oxygen atoms in total. The lowest BCUT2D eigenvalue weighted by molar-refractivity contribution is -0.121. The fourth-order valence-corrected chi connectivity index (χ4v) is 2.27. The van der Waals surface area contributed by atoms with Crippen LogP contribution in [0.15, 0.2) is 40.8 Å². The van der Waals surface area contributed by atoms with Gasteiger partial charge in [-0.05, 0) is 44.0 Å². The van der Waals surface area contributed by atoms with Crippen LogP contribution in [0.25, 0.3) is 0 Å². The highest BCUT2D eigenvalue weighted by atomic mass is 16.4. The highest BCUT2D eigenvalue weighted by Gasteiger charge is 2.14. The molecule has 5 heteroatoms. The van der Waals surface area contributed by atoms with Crippen molar-refractivity contribution >= 4 is 11.9 Å². The SMILES string of the molecule is Cc1ccc(C(C)NC(=O)CCc2ccccc2C(=O)O)o1. The molecule has 0 saturated carbocycles. The van der Waals surface area contributed by atoms with Gasteiger partial charge in [-0.25, -0.2) is 4.79 Å². The van der Waals surface area contributed by atoms with Crippen LogP contribution in [0.3, 0.4) is 0 Å². The predicted molar refractivity (Wildman–Crippen MR) is 81.7 cm³/mol. The fraction of sp³-hybridized carbons (Fsp3) is 0.294. The molecule has 1 aromatic heterocycles. The molecule has 1 amide bonds. The van der Waals surface area contributed by atoms with Crippen molar-refractivity contribution in [1.29, 1.82) is 0 Å². The van der Waals surface area contributed by atoms with Gasteiger partial charge in [0.1, 0.15) is 11.5 Å². The van der Waals surface area contributed by atoms with Gasteiger partial charge in [0, 0.05) is 6.42 Å². The number of hydrogen-bond acceptors (Lipinski definition) is 3. The van der Waals surface area contributed by atoms with Gasteiger partial charge in [0.2, 0.25) is 5.91 Å². The summed E-state index contributed by atoms with van der Waals surface area (Å²) in [6, 6.07) is 10.2. The standard InChI is InChI=1S/C17H19NO4/c1-11-7-9-15(22-11)12(2)18-16(19)10-8-13-5-3-4-6-14(13)17(20)21/h3-7,9,12H,8,10H2,1-2H3,(H,18,19)(H,20,21). The second-order valence-corrected chi connectivity index (χ2v) is 5.20. The molecule has 1 heterocycles. The van der Waals surface area contributed by atoms with Gasteiger partial charge in [-0.2, -0.15) is 0 Å². The van der Waals surface area contributed by atoms with Gasteiger partial charge in [0.05, 0.1) is 11.6 Å². The van der Waals surface area contributed by atoms with E-state index < -0.39 is 5.97 Å². The van der Waals surface area contributed by atoms with E-state index in [-0.39, 0.29) is 23.9 Å². The molecule has 116 valence electrons. The van der Waals surface area contributed by atoms with Crippen LogP contribution in [0, 0.1) is 6.92 Å². The zero-order chi connectivity index (χ0) is 16.1. The first-order valence-electron chi connectivity index (χ1n) is 7.14.